The van der Waals surface area contributed by atoms with Gasteiger partial charge in [0.2, 0.25) is 0 Å². The standard InChI is InChI=1S/C12H15F3O2/c1-2-9-3-5-11(6-4-9)17-8-10(7-16)12(13,14)15/h3-6,10,16H,2,7-8H2,1H3. The van der Waals surface area contributed by atoms with Crippen LogP contribution in [0.2, 0.25) is 0 Å². The van der Waals surface area contributed by atoms with Gasteiger partial charge >= 0.3 is 6.18 Å². The van der Waals surface area contributed by atoms with E-state index in [-0.39, 0.29) is 0 Å². The molecule has 0 heterocycles. The lowest BCUT2D eigenvalue weighted by Gasteiger charge is -2.18. The molecule has 0 amide bonds. The Morgan fingerprint density at radius 3 is 2.24 bits per heavy atom. The first-order valence-corrected chi connectivity index (χ1v) is 5.36. The van der Waals surface area contributed by atoms with Gasteiger partial charge in [-0.3, -0.25) is 0 Å². The number of benzene rings is 1. The van der Waals surface area contributed by atoms with E-state index >= 15 is 0 Å². The van der Waals surface area contributed by atoms with E-state index < -0.39 is 25.3 Å². The Labute approximate surface area is 98.0 Å². The van der Waals surface area contributed by atoms with Gasteiger partial charge in [0.05, 0.1) is 6.61 Å². The quantitative estimate of drug-likeness (QED) is 0.868. The third-order valence-electron chi connectivity index (χ3n) is 2.47. The van der Waals surface area contributed by atoms with E-state index in [0.29, 0.717) is 5.75 Å². The maximum absolute atomic E-state index is 12.3. The summed E-state index contributed by atoms with van der Waals surface area (Å²) in [6.07, 6.45) is -3.57. The average Bonchev–Trinajstić information content (AvgIpc) is 2.29. The second-order valence-electron chi connectivity index (χ2n) is 3.73. The molecule has 0 aliphatic carbocycles. The summed E-state index contributed by atoms with van der Waals surface area (Å²) in [5.74, 6) is -1.46. The lowest BCUT2D eigenvalue weighted by Crippen LogP contribution is -2.31. The number of ether oxygens (including phenoxy) is 1. The summed E-state index contributed by atoms with van der Waals surface area (Å²) in [6.45, 7) is 0.462. The van der Waals surface area contributed by atoms with Crippen molar-refractivity contribution >= 4 is 0 Å². The zero-order valence-electron chi connectivity index (χ0n) is 9.50. The van der Waals surface area contributed by atoms with Crippen LogP contribution in [0, 0.1) is 5.92 Å². The topological polar surface area (TPSA) is 29.5 Å². The van der Waals surface area contributed by atoms with Gasteiger partial charge < -0.3 is 9.84 Å². The number of aliphatic hydroxyl groups is 1. The molecule has 1 aromatic rings. The van der Waals surface area contributed by atoms with Crippen LogP contribution in [0.25, 0.3) is 0 Å². The first kappa shape index (κ1) is 13.8. The predicted molar refractivity (Wildman–Crippen MR) is 57.9 cm³/mol. The maximum atomic E-state index is 12.3. The zero-order chi connectivity index (χ0) is 12.9. The molecule has 2 nitrogen and oxygen atoms in total. The fourth-order valence-electron chi connectivity index (χ4n) is 1.27. The van der Waals surface area contributed by atoms with Gasteiger partial charge in [0, 0.05) is 0 Å². The Morgan fingerprint density at radius 1 is 1.24 bits per heavy atom. The highest BCUT2D eigenvalue weighted by molar-refractivity contribution is 5.27. The number of halogens is 3. The fourth-order valence-corrected chi connectivity index (χ4v) is 1.27. The summed E-state index contributed by atoms with van der Waals surface area (Å²) < 4.78 is 41.9. The molecule has 1 unspecified atom stereocenters. The molecular formula is C12H15F3O2. The van der Waals surface area contributed by atoms with Crippen LogP contribution in [0.1, 0.15) is 12.5 Å². The molecule has 0 bridgehead atoms. The Bertz CT molecular complexity index is 333. The van der Waals surface area contributed by atoms with Crippen molar-refractivity contribution in [3.05, 3.63) is 29.8 Å². The van der Waals surface area contributed by atoms with Crippen molar-refractivity contribution in [3.8, 4) is 5.75 Å². The number of aryl methyl sites for hydroxylation is 1. The SMILES string of the molecule is CCc1ccc(OCC(CO)C(F)(F)F)cc1. The van der Waals surface area contributed by atoms with E-state index in [4.69, 9.17) is 9.84 Å². The van der Waals surface area contributed by atoms with E-state index in [2.05, 4.69) is 0 Å². The molecule has 1 aromatic carbocycles. The van der Waals surface area contributed by atoms with Crippen LogP contribution in [0.15, 0.2) is 24.3 Å². The molecule has 1 atom stereocenters. The van der Waals surface area contributed by atoms with Crippen molar-refractivity contribution in [2.45, 2.75) is 19.5 Å². The molecule has 0 aliphatic heterocycles. The zero-order valence-corrected chi connectivity index (χ0v) is 9.50. The van der Waals surface area contributed by atoms with E-state index in [0.717, 1.165) is 12.0 Å². The second kappa shape index (κ2) is 5.91. The third kappa shape index (κ3) is 4.26. The van der Waals surface area contributed by atoms with Crippen LogP contribution < -0.4 is 4.74 Å². The van der Waals surface area contributed by atoms with Gasteiger partial charge in [-0.15, -0.1) is 0 Å². The molecule has 0 aliphatic rings. The Hall–Kier alpha value is -1.23. The van der Waals surface area contributed by atoms with Crippen molar-refractivity contribution < 1.29 is 23.0 Å². The van der Waals surface area contributed by atoms with Crippen molar-refractivity contribution in [2.75, 3.05) is 13.2 Å². The monoisotopic (exact) mass is 248 g/mol. The van der Waals surface area contributed by atoms with Crippen LogP contribution in [0.5, 0.6) is 5.75 Å². The van der Waals surface area contributed by atoms with Crippen LogP contribution in [0.4, 0.5) is 13.2 Å². The Morgan fingerprint density at radius 2 is 1.82 bits per heavy atom. The molecule has 0 aromatic heterocycles. The van der Waals surface area contributed by atoms with E-state index in [1.807, 2.05) is 6.92 Å². The van der Waals surface area contributed by atoms with Crippen molar-refractivity contribution in [1.82, 2.24) is 0 Å². The maximum Gasteiger partial charge on any atom is 0.397 e. The van der Waals surface area contributed by atoms with Gasteiger partial charge in [-0.1, -0.05) is 19.1 Å². The number of hydrogen-bond donors (Lipinski definition) is 1. The van der Waals surface area contributed by atoms with Gasteiger partial charge in [0.25, 0.3) is 0 Å². The molecular weight excluding hydrogens is 233 g/mol. The predicted octanol–water partition coefficient (Wildman–Crippen LogP) is 2.80. The number of rotatable bonds is 5. The normalized spacial score (nSPS) is 13.5. The summed E-state index contributed by atoms with van der Waals surface area (Å²) in [7, 11) is 0. The molecule has 17 heavy (non-hydrogen) atoms. The molecule has 0 spiro atoms. The van der Waals surface area contributed by atoms with Crippen molar-refractivity contribution in [1.29, 1.82) is 0 Å². The number of alkyl halides is 3. The smallest absolute Gasteiger partial charge is 0.397 e. The molecule has 0 fully saturated rings. The lowest BCUT2D eigenvalue weighted by atomic mass is 10.1. The first-order valence-electron chi connectivity index (χ1n) is 5.36. The van der Waals surface area contributed by atoms with Crippen molar-refractivity contribution in [2.24, 2.45) is 5.92 Å². The molecule has 5 heteroatoms. The van der Waals surface area contributed by atoms with E-state index in [1.54, 1.807) is 24.3 Å². The van der Waals surface area contributed by atoms with Gasteiger partial charge in [-0.2, -0.15) is 13.2 Å². The Balaban J connectivity index is 2.54. The average molecular weight is 248 g/mol. The molecule has 1 rings (SSSR count). The first-order chi connectivity index (χ1) is 7.97. The highest BCUT2D eigenvalue weighted by atomic mass is 19.4. The van der Waals surface area contributed by atoms with Gasteiger partial charge in [0.15, 0.2) is 0 Å². The summed E-state index contributed by atoms with van der Waals surface area (Å²) >= 11 is 0. The minimum absolute atomic E-state index is 0.380. The van der Waals surface area contributed by atoms with Crippen molar-refractivity contribution in [3.63, 3.8) is 0 Å². The van der Waals surface area contributed by atoms with Gasteiger partial charge in [-0.25, -0.2) is 0 Å². The minimum Gasteiger partial charge on any atom is -0.493 e. The van der Waals surface area contributed by atoms with Crippen LogP contribution >= 0.6 is 0 Å². The largest absolute Gasteiger partial charge is 0.493 e. The Kier molecular flexibility index (Phi) is 4.81. The molecule has 1 N–H and O–H groups in total. The lowest BCUT2D eigenvalue weighted by molar-refractivity contribution is -0.190. The highest BCUT2D eigenvalue weighted by Gasteiger charge is 2.39. The summed E-state index contributed by atoms with van der Waals surface area (Å²) in [6, 6.07) is 6.86. The summed E-state index contributed by atoms with van der Waals surface area (Å²) in [5, 5.41) is 8.62. The fraction of sp³-hybridized carbons (Fsp3) is 0.500. The van der Waals surface area contributed by atoms with Gasteiger partial charge in [-0.05, 0) is 24.1 Å². The molecule has 0 saturated carbocycles. The summed E-state index contributed by atoms with van der Waals surface area (Å²) in [4.78, 5) is 0. The van der Waals surface area contributed by atoms with Gasteiger partial charge in [0.1, 0.15) is 18.3 Å². The molecule has 0 saturated heterocycles. The highest BCUT2D eigenvalue weighted by Crippen LogP contribution is 2.26. The van der Waals surface area contributed by atoms with Crippen LogP contribution in [-0.2, 0) is 6.42 Å². The van der Waals surface area contributed by atoms with Crippen LogP contribution in [0.3, 0.4) is 0 Å². The molecule has 0 radical (unpaired) electrons. The molecule has 96 valence electrons. The number of aliphatic hydroxyl groups excluding tert-OH is 1. The minimum atomic E-state index is -4.43. The van der Waals surface area contributed by atoms with E-state index in [9.17, 15) is 13.2 Å². The third-order valence-corrected chi connectivity index (χ3v) is 2.47. The second-order valence-corrected chi connectivity index (χ2v) is 3.73. The van der Waals surface area contributed by atoms with Crippen LogP contribution in [-0.4, -0.2) is 24.5 Å². The number of hydrogen-bond acceptors (Lipinski definition) is 2. The summed E-state index contributed by atoms with van der Waals surface area (Å²) in [5.41, 5.74) is 1.09. The van der Waals surface area contributed by atoms with E-state index in [1.165, 1.54) is 0 Å².